The van der Waals surface area contributed by atoms with Gasteiger partial charge in [-0.3, -0.25) is 0 Å². The van der Waals surface area contributed by atoms with E-state index in [0.29, 0.717) is 6.10 Å². The first-order chi connectivity index (χ1) is 6.97. The van der Waals surface area contributed by atoms with Gasteiger partial charge in [-0.1, -0.05) is 38.5 Å². The molecule has 0 aromatic carbocycles. The van der Waals surface area contributed by atoms with Gasteiger partial charge in [0.15, 0.2) is 0 Å². The zero-order valence-electron chi connectivity index (χ0n) is 9.34. The van der Waals surface area contributed by atoms with E-state index in [1.54, 1.807) is 0 Å². The van der Waals surface area contributed by atoms with Gasteiger partial charge in [0, 0.05) is 6.61 Å². The Morgan fingerprint density at radius 2 is 1.27 bits per heavy atom. The second-order valence-electron chi connectivity index (χ2n) is 5.01. The van der Waals surface area contributed by atoms with Gasteiger partial charge >= 0.3 is 0 Å². The van der Waals surface area contributed by atoms with Crippen molar-refractivity contribution in [3.8, 4) is 0 Å². The summed E-state index contributed by atoms with van der Waals surface area (Å²) >= 11 is 0. The summed E-state index contributed by atoms with van der Waals surface area (Å²) in [6, 6.07) is 0. The molecule has 0 aromatic rings. The molecule has 1 saturated carbocycles. The molecule has 0 spiro atoms. The SMILES string of the molecule is C1CCCC(C2CCCCCO2)CC1.[SiH4]. The Bertz CT molecular complexity index is 127. The molecule has 2 heteroatoms. The molecule has 0 bridgehead atoms. The second-order valence-corrected chi connectivity index (χ2v) is 5.01. The van der Waals surface area contributed by atoms with Crippen LogP contribution in [0, 0.1) is 5.92 Å². The Morgan fingerprint density at radius 3 is 2.00 bits per heavy atom. The molecular weight excluding hydrogens is 200 g/mol. The van der Waals surface area contributed by atoms with Gasteiger partial charge in [0.1, 0.15) is 0 Å². The van der Waals surface area contributed by atoms with Crippen molar-refractivity contribution in [3.05, 3.63) is 0 Å². The molecule has 1 aliphatic heterocycles. The van der Waals surface area contributed by atoms with Crippen molar-refractivity contribution in [1.82, 2.24) is 0 Å². The van der Waals surface area contributed by atoms with Crippen LogP contribution in [0.15, 0.2) is 0 Å². The summed E-state index contributed by atoms with van der Waals surface area (Å²) in [5.74, 6) is 0.899. The van der Waals surface area contributed by atoms with Gasteiger partial charge in [-0.2, -0.15) is 0 Å². The average Bonchev–Trinajstić information content (AvgIpc) is 2.62. The zero-order chi connectivity index (χ0) is 9.64. The maximum absolute atomic E-state index is 6.00. The lowest BCUT2D eigenvalue weighted by molar-refractivity contribution is 0.0116. The zero-order valence-corrected chi connectivity index (χ0v) is 9.34. The molecule has 2 fully saturated rings. The Labute approximate surface area is 99.0 Å². The molecule has 1 saturated heterocycles. The molecule has 0 radical (unpaired) electrons. The highest BCUT2D eigenvalue weighted by Crippen LogP contribution is 2.30. The first-order valence-corrected chi connectivity index (χ1v) is 6.58. The lowest BCUT2D eigenvalue weighted by Crippen LogP contribution is -2.23. The Hall–Kier alpha value is 0.177. The number of hydrogen-bond acceptors (Lipinski definition) is 1. The lowest BCUT2D eigenvalue weighted by Gasteiger charge is -2.24. The monoisotopic (exact) mass is 228 g/mol. The van der Waals surface area contributed by atoms with E-state index in [2.05, 4.69) is 0 Å². The Morgan fingerprint density at radius 1 is 0.667 bits per heavy atom. The van der Waals surface area contributed by atoms with Crippen LogP contribution in [-0.4, -0.2) is 23.7 Å². The van der Waals surface area contributed by atoms with E-state index in [0.717, 1.165) is 12.5 Å². The molecule has 0 N–H and O–H groups in total. The van der Waals surface area contributed by atoms with Crippen molar-refractivity contribution in [3.63, 3.8) is 0 Å². The third-order valence-corrected chi connectivity index (χ3v) is 3.89. The third-order valence-electron chi connectivity index (χ3n) is 3.89. The fourth-order valence-corrected chi connectivity index (χ4v) is 3.00. The molecule has 1 unspecified atom stereocenters. The normalized spacial score (nSPS) is 30.0. The minimum atomic E-state index is 0. The standard InChI is InChI=1S/C13H24O.H4Si/c1-2-5-9-12(8-4-1)13-10-6-3-7-11-14-13;/h12-13H,1-11H2;1H4. The topological polar surface area (TPSA) is 9.23 Å². The summed E-state index contributed by atoms with van der Waals surface area (Å²) in [5.41, 5.74) is 0. The highest BCUT2D eigenvalue weighted by atomic mass is 28.1. The van der Waals surface area contributed by atoms with Crippen molar-refractivity contribution in [2.45, 2.75) is 70.3 Å². The molecule has 1 nitrogen and oxygen atoms in total. The molecule has 0 aromatic heterocycles. The van der Waals surface area contributed by atoms with Gasteiger partial charge in [0.25, 0.3) is 0 Å². The molecule has 1 atom stereocenters. The van der Waals surface area contributed by atoms with Gasteiger partial charge in [0.05, 0.1) is 6.10 Å². The summed E-state index contributed by atoms with van der Waals surface area (Å²) in [5, 5.41) is 0. The van der Waals surface area contributed by atoms with Crippen molar-refractivity contribution in [2.24, 2.45) is 5.92 Å². The van der Waals surface area contributed by atoms with Gasteiger partial charge < -0.3 is 4.74 Å². The summed E-state index contributed by atoms with van der Waals surface area (Å²) in [4.78, 5) is 0. The van der Waals surface area contributed by atoms with Crippen molar-refractivity contribution in [2.75, 3.05) is 6.61 Å². The summed E-state index contributed by atoms with van der Waals surface area (Å²) in [6.07, 6.45) is 14.7. The van der Waals surface area contributed by atoms with Crippen molar-refractivity contribution < 1.29 is 4.74 Å². The first kappa shape index (κ1) is 13.2. The molecule has 1 heterocycles. The maximum atomic E-state index is 6.00. The number of ether oxygens (including phenoxy) is 1. The van der Waals surface area contributed by atoms with Crippen LogP contribution < -0.4 is 0 Å². The Kier molecular flexibility index (Phi) is 6.58. The van der Waals surface area contributed by atoms with Crippen LogP contribution in [-0.2, 0) is 4.74 Å². The van der Waals surface area contributed by atoms with Crippen LogP contribution in [0.5, 0.6) is 0 Å². The van der Waals surface area contributed by atoms with E-state index in [1.165, 1.54) is 64.2 Å². The smallest absolute Gasteiger partial charge is 0.0603 e. The van der Waals surface area contributed by atoms with E-state index in [1.807, 2.05) is 0 Å². The van der Waals surface area contributed by atoms with Crippen LogP contribution >= 0.6 is 0 Å². The Balaban J connectivity index is 0.00000112. The van der Waals surface area contributed by atoms with E-state index in [9.17, 15) is 0 Å². The second kappa shape index (κ2) is 7.45. The molecular formula is C13H28OSi. The van der Waals surface area contributed by atoms with E-state index < -0.39 is 0 Å². The fourth-order valence-electron chi connectivity index (χ4n) is 3.00. The minimum Gasteiger partial charge on any atom is -0.378 e. The van der Waals surface area contributed by atoms with E-state index in [4.69, 9.17) is 4.74 Å². The van der Waals surface area contributed by atoms with E-state index >= 15 is 0 Å². The van der Waals surface area contributed by atoms with Crippen LogP contribution in [0.4, 0.5) is 0 Å². The molecule has 2 rings (SSSR count). The van der Waals surface area contributed by atoms with Gasteiger partial charge in [0.2, 0.25) is 0 Å². The average molecular weight is 228 g/mol. The molecule has 0 amide bonds. The lowest BCUT2D eigenvalue weighted by atomic mass is 9.91. The third kappa shape index (κ3) is 4.27. The summed E-state index contributed by atoms with van der Waals surface area (Å²) in [7, 11) is 0. The molecule has 15 heavy (non-hydrogen) atoms. The van der Waals surface area contributed by atoms with Crippen LogP contribution in [0.2, 0.25) is 0 Å². The van der Waals surface area contributed by atoms with Gasteiger partial charge in [-0.25, -0.2) is 0 Å². The molecule has 1 aliphatic carbocycles. The number of hydrogen-bond donors (Lipinski definition) is 0. The number of rotatable bonds is 1. The van der Waals surface area contributed by atoms with Gasteiger partial charge in [-0.05, 0) is 42.6 Å². The highest BCUT2D eigenvalue weighted by molar-refractivity contribution is 5.75. The van der Waals surface area contributed by atoms with Crippen LogP contribution in [0.25, 0.3) is 0 Å². The largest absolute Gasteiger partial charge is 0.378 e. The van der Waals surface area contributed by atoms with Gasteiger partial charge in [-0.15, -0.1) is 0 Å². The predicted octanol–water partition coefficient (Wildman–Crippen LogP) is 2.46. The van der Waals surface area contributed by atoms with Crippen molar-refractivity contribution in [1.29, 1.82) is 0 Å². The fraction of sp³-hybridized carbons (Fsp3) is 1.00. The summed E-state index contributed by atoms with van der Waals surface area (Å²) < 4.78 is 6.00. The molecule has 2 aliphatic rings. The molecule has 90 valence electrons. The van der Waals surface area contributed by atoms with E-state index in [-0.39, 0.29) is 11.0 Å². The first-order valence-electron chi connectivity index (χ1n) is 6.58. The summed E-state index contributed by atoms with van der Waals surface area (Å²) in [6.45, 7) is 1.03. The van der Waals surface area contributed by atoms with Crippen LogP contribution in [0.3, 0.4) is 0 Å². The highest BCUT2D eigenvalue weighted by Gasteiger charge is 2.24. The maximum Gasteiger partial charge on any atom is 0.0603 e. The predicted molar refractivity (Wildman–Crippen MR) is 70.7 cm³/mol. The van der Waals surface area contributed by atoms with Crippen molar-refractivity contribution >= 4 is 11.0 Å². The minimum absolute atomic E-state index is 0. The van der Waals surface area contributed by atoms with Crippen LogP contribution in [0.1, 0.15) is 64.2 Å². The quantitative estimate of drug-likeness (QED) is 0.495.